The average molecular weight is 383 g/mol. The van der Waals surface area contributed by atoms with Crippen LogP contribution in [0.2, 0.25) is 0 Å². The molecule has 9 heteroatoms. The van der Waals surface area contributed by atoms with Gasteiger partial charge in [-0.15, -0.1) is 15.3 Å². The molecule has 0 bridgehead atoms. The van der Waals surface area contributed by atoms with Gasteiger partial charge in [-0.25, -0.2) is 0 Å². The lowest BCUT2D eigenvalue weighted by molar-refractivity contribution is 0.312. The molecule has 1 fully saturated rings. The second-order valence-electron chi connectivity index (χ2n) is 7.62. The van der Waals surface area contributed by atoms with Crippen LogP contribution in [0.5, 0.6) is 5.75 Å². The molecule has 28 heavy (non-hydrogen) atoms. The van der Waals surface area contributed by atoms with Crippen LogP contribution in [-0.4, -0.2) is 66.7 Å². The maximum Gasteiger partial charge on any atom is 0.222 e. The van der Waals surface area contributed by atoms with Crippen molar-refractivity contribution in [2.45, 2.75) is 12.8 Å². The van der Waals surface area contributed by atoms with Gasteiger partial charge in [0.15, 0.2) is 17.4 Å². The van der Waals surface area contributed by atoms with Crippen LogP contribution in [0.15, 0.2) is 23.0 Å². The molecule has 3 aromatic heterocycles. The van der Waals surface area contributed by atoms with Crippen LogP contribution in [-0.2, 0) is 0 Å². The Morgan fingerprint density at radius 2 is 2.14 bits per heavy atom. The summed E-state index contributed by atoms with van der Waals surface area (Å²) in [4.78, 5) is 4.45. The highest BCUT2D eigenvalue weighted by Crippen LogP contribution is 2.41. The van der Waals surface area contributed by atoms with Crippen LogP contribution < -0.4 is 19.9 Å². The van der Waals surface area contributed by atoms with Crippen molar-refractivity contribution in [1.29, 1.82) is 0 Å². The number of hydrogen-bond donors (Lipinski definition) is 1. The fraction of sp³-hybridized carbons (Fsp3) is 0.526. The highest BCUT2D eigenvalue weighted by Gasteiger charge is 2.29. The number of nitrogens with zero attached hydrogens (tertiary/aromatic N) is 6. The monoisotopic (exact) mass is 383 g/mol. The smallest absolute Gasteiger partial charge is 0.222 e. The molecule has 9 nitrogen and oxygen atoms in total. The fourth-order valence-electron chi connectivity index (χ4n) is 4.11. The lowest BCUT2D eigenvalue weighted by Gasteiger charge is -2.34. The number of aromatic nitrogens is 4. The Kier molecular flexibility index (Phi) is 4.31. The SMILES string of the molecule is CN(CC1CCNCC1)c1nn2c(-c3ccoc3)nnc2c2c1N(C)CCO2. The van der Waals surface area contributed by atoms with Gasteiger partial charge in [-0.2, -0.15) is 4.52 Å². The second kappa shape index (κ2) is 6.97. The Labute approximate surface area is 163 Å². The van der Waals surface area contributed by atoms with Crippen molar-refractivity contribution in [2.75, 3.05) is 56.7 Å². The standard InChI is InChI=1S/C19H25N7O2/c1-24-8-10-28-16-15(24)18(25(2)11-13-3-6-20-7-4-13)23-26-17(21-22-19(16)26)14-5-9-27-12-14/h5,9,12-13,20H,3-4,6-8,10-11H2,1-2H3. The molecule has 0 aromatic carbocycles. The van der Waals surface area contributed by atoms with Gasteiger partial charge in [0.25, 0.3) is 0 Å². The maximum absolute atomic E-state index is 6.05. The van der Waals surface area contributed by atoms with Crippen molar-refractivity contribution in [2.24, 2.45) is 5.92 Å². The first-order chi connectivity index (χ1) is 13.7. The molecular formula is C19H25N7O2. The first-order valence-electron chi connectivity index (χ1n) is 9.80. The fourth-order valence-corrected chi connectivity index (χ4v) is 4.11. The van der Waals surface area contributed by atoms with E-state index in [1.165, 1.54) is 12.8 Å². The average Bonchev–Trinajstić information content (AvgIpc) is 3.38. The molecule has 148 valence electrons. The molecule has 0 unspecified atom stereocenters. The van der Waals surface area contributed by atoms with E-state index in [2.05, 4.69) is 39.4 Å². The zero-order chi connectivity index (χ0) is 19.1. The van der Waals surface area contributed by atoms with E-state index in [-0.39, 0.29) is 0 Å². The first-order valence-corrected chi connectivity index (χ1v) is 9.80. The van der Waals surface area contributed by atoms with Gasteiger partial charge in [0.2, 0.25) is 5.65 Å². The number of ether oxygens (including phenoxy) is 1. The summed E-state index contributed by atoms with van der Waals surface area (Å²) in [6.07, 6.45) is 5.66. The maximum atomic E-state index is 6.05. The van der Waals surface area contributed by atoms with Gasteiger partial charge in [0.1, 0.15) is 18.6 Å². The largest absolute Gasteiger partial charge is 0.486 e. The summed E-state index contributed by atoms with van der Waals surface area (Å²) in [6.45, 7) is 4.57. The zero-order valence-electron chi connectivity index (χ0n) is 16.3. The molecule has 3 aromatic rings. The third kappa shape index (κ3) is 2.86. The molecule has 1 N–H and O–H groups in total. The highest BCUT2D eigenvalue weighted by atomic mass is 16.5. The molecule has 2 aliphatic heterocycles. The summed E-state index contributed by atoms with van der Waals surface area (Å²) in [7, 11) is 4.19. The number of nitrogens with one attached hydrogen (secondary N) is 1. The number of rotatable bonds is 4. The van der Waals surface area contributed by atoms with Crippen molar-refractivity contribution in [3.8, 4) is 17.1 Å². The van der Waals surface area contributed by atoms with Gasteiger partial charge in [-0.1, -0.05) is 0 Å². The Bertz CT molecular complexity index is 962. The number of furan rings is 1. The van der Waals surface area contributed by atoms with Crippen molar-refractivity contribution in [3.63, 3.8) is 0 Å². The van der Waals surface area contributed by atoms with Crippen LogP contribution in [0.3, 0.4) is 0 Å². The minimum Gasteiger partial charge on any atom is -0.486 e. The minimum atomic E-state index is 0.620. The van der Waals surface area contributed by atoms with E-state index < -0.39 is 0 Å². The van der Waals surface area contributed by atoms with E-state index in [4.69, 9.17) is 14.3 Å². The number of hydrogen-bond acceptors (Lipinski definition) is 8. The van der Waals surface area contributed by atoms with Crippen LogP contribution in [0.25, 0.3) is 17.0 Å². The first kappa shape index (κ1) is 17.3. The highest BCUT2D eigenvalue weighted by molar-refractivity contribution is 5.82. The van der Waals surface area contributed by atoms with Crippen LogP contribution in [0.4, 0.5) is 11.5 Å². The van der Waals surface area contributed by atoms with Crippen LogP contribution in [0.1, 0.15) is 12.8 Å². The predicted octanol–water partition coefficient (Wildman–Crippen LogP) is 1.65. The lowest BCUT2D eigenvalue weighted by atomic mass is 9.97. The van der Waals surface area contributed by atoms with Crippen LogP contribution in [0, 0.1) is 5.92 Å². The summed E-state index contributed by atoms with van der Waals surface area (Å²) in [5, 5.41) is 17.1. The minimum absolute atomic E-state index is 0.620. The molecule has 2 aliphatic rings. The molecule has 0 spiro atoms. The van der Waals surface area contributed by atoms with Gasteiger partial charge in [0.05, 0.1) is 18.4 Å². The molecule has 5 rings (SSSR count). The van der Waals surface area contributed by atoms with Crippen molar-refractivity contribution < 1.29 is 9.15 Å². The Morgan fingerprint density at radius 3 is 2.93 bits per heavy atom. The zero-order valence-corrected chi connectivity index (χ0v) is 16.3. The van der Waals surface area contributed by atoms with Gasteiger partial charge < -0.3 is 24.3 Å². The molecule has 0 amide bonds. The normalized spacial score (nSPS) is 17.6. The van der Waals surface area contributed by atoms with Gasteiger partial charge in [-0.3, -0.25) is 0 Å². The lowest BCUT2D eigenvalue weighted by Crippen LogP contribution is -2.37. The molecule has 0 atom stereocenters. The molecule has 1 saturated heterocycles. The van der Waals surface area contributed by atoms with Crippen molar-refractivity contribution in [1.82, 2.24) is 25.1 Å². The second-order valence-corrected chi connectivity index (χ2v) is 7.62. The molecule has 0 saturated carbocycles. The summed E-state index contributed by atoms with van der Waals surface area (Å²) in [5.41, 5.74) is 2.47. The van der Waals surface area contributed by atoms with E-state index in [0.29, 0.717) is 24.0 Å². The third-order valence-corrected chi connectivity index (χ3v) is 5.65. The van der Waals surface area contributed by atoms with Gasteiger partial charge >= 0.3 is 0 Å². The van der Waals surface area contributed by atoms with Crippen molar-refractivity contribution in [3.05, 3.63) is 18.6 Å². The van der Waals surface area contributed by atoms with E-state index in [9.17, 15) is 0 Å². The Balaban J connectivity index is 1.62. The molecular weight excluding hydrogens is 358 g/mol. The topological polar surface area (TPSA) is 84.0 Å². The van der Waals surface area contributed by atoms with E-state index >= 15 is 0 Å². The van der Waals surface area contributed by atoms with Gasteiger partial charge in [-0.05, 0) is 37.9 Å². The van der Waals surface area contributed by atoms with Gasteiger partial charge in [0, 0.05) is 20.6 Å². The number of anilines is 2. The summed E-state index contributed by atoms with van der Waals surface area (Å²) >= 11 is 0. The Morgan fingerprint density at radius 1 is 1.29 bits per heavy atom. The van der Waals surface area contributed by atoms with Crippen LogP contribution >= 0.6 is 0 Å². The number of likely N-dealkylation sites (N-methyl/N-ethyl adjacent to an activating group) is 1. The van der Waals surface area contributed by atoms with E-state index in [0.717, 1.165) is 49.0 Å². The van der Waals surface area contributed by atoms with E-state index in [1.54, 1.807) is 17.0 Å². The third-order valence-electron chi connectivity index (χ3n) is 5.65. The van der Waals surface area contributed by atoms with E-state index in [1.807, 2.05) is 6.07 Å². The number of fused-ring (bicyclic) bond motifs is 3. The summed E-state index contributed by atoms with van der Waals surface area (Å²) < 4.78 is 13.1. The van der Waals surface area contributed by atoms with Crippen molar-refractivity contribution >= 4 is 17.2 Å². The quantitative estimate of drug-likeness (QED) is 0.728. The number of piperidine rings is 1. The molecule has 5 heterocycles. The summed E-state index contributed by atoms with van der Waals surface area (Å²) in [6, 6.07) is 1.86. The summed E-state index contributed by atoms with van der Waals surface area (Å²) in [5.74, 6) is 2.95. The Hall–Kier alpha value is -2.81. The predicted molar refractivity (Wildman–Crippen MR) is 106 cm³/mol. The molecule has 0 radical (unpaired) electrons. The molecule has 0 aliphatic carbocycles.